The van der Waals surface area contributed by atoms with Crippen molar-refractivity contribution < 1.29 is 13.2 Å². The van der Waals surface area contributed by atoms with E-state index < -0.39 is 11.7 Å². The van der Waals surface area contributed by atoms with Crippen molar-refractivity contribution in [3.63, 3.8) is 0 Å². The van der Waals surface area contributed by atoms with Crippen molar-refractivity contribution in [2.45, 2.75) is 15.4 Å². The molecular formula is C10H7ClF3NS2. The lowest BCUT2D eigenvalue weighted by molar-refractivity contribution is -0.139. The third kappa shape index (κ3) is 3.62. The van der Waals surface area contributed by atoms with Crippen LogP contribution >= 0.6 is 35.5 Å². The summed E-state index contributed by atoms with van der Waals surface area (Å²) in [5.41, 5.74) is -0.616. The zero-order valence-corrected chi connectivity index (χ0v) is 10.7. The summed E-state index contributed by atoms with van der Waals surface area (Å²) in [6.45, 7) is 0. The second kappa shape index (κ2) is 5.75. The summed E-state index contributed by atoms with van der Waals surface area (Å²) in [6, 6.07) is 5.50. The quantitative estimate of drug-likeness (QED) is 0.794. The molecule has 0 saturated carbocycles. The Morgan fingerprint density at radius 1 is 1.18 bits per heavy atom. The minimum absolute atomic E-state index is 0. The summed E-state index contributed by atoms with van der Waals surface area (Å²) in [5, 5.41) is 1.73. The van der Waals surface area contributed by atoms with Crippen LogP contribution in [0.15, 0.2) is 45.1 Å². The summed E-state index contributed by atoms with van der Waals surface area (Å²) < 4.78 is 38.5. The summed E-state index contributed by atoms with van der Waals surface area (Å²) in [7, 11) is 0. The molecule has 0 aliphatic heterocycles. The number of hydrogen-bond acceptors (Lipinski definition) is 3. The Morgan fingerprint density at radius 3 is 2.47 bits per heavy atom. The molecular weight excluding hydrogens is 291 g/mol. The van der Waals surface area contributed by atoms with Crippen LogP contribution < -0.4 is 0 Å². The van der Waals surface area contributed by atoms with Gasteiger partial charge in [-0.2, -0.15) is 13.2 Å². The van der Waals surface area contributed by atoms with E-state index in [-0.39, 0.29) is 17.3 Å². The third-order valence-electron chi connectivity index (χ3n) is 1.80. The Labute approximate surface area is 110 Å². The topological polar surface area (TPSA) is 12.9 Å². The maximum atomic E-state index is 12.6. The van der Waals surface area contributed by atoms with Crippen LogP contribution in [0.25, 0.3) is 0 Å². The largest absolute Gasteiger partial charge is 0.417 e. The van der Waals surface area contributed by atoms with Crippen LogP contribution in [-0.2, 0) is 6.18 Å². The van der Waals surface area contributed by atoms with E-state index in [0.717, 1.165) is 17.8 Å². The van der Waals surface area contributed by atoms with Gasteiger partial charge in [0, 0.05) is 16.5 Å². The lowest BCUT2D eigenvalue weighted by Gasteiger charge is -2.10. The van der Waals surface area contributed by atoms with Gasteiger partial charge in [-0.15, -0.1) is 23.7 Å². The van der Waals surface area contributed by atoms with E-state index in [1.54, 1.807) is 17.6 Å². The number of aromatic nitrogens is 1. The first-order valence-electron chi connectivity index (χ1n) is 4.31. The molecule has 0 radical (unpaired) electrons. The van der Waals surface area contributed by atoms with Gasteiger partial charge in [0.05, 0.1) is 5.56 Å². The zero-order chi connectivity index (χ0) is 11.6. The molecule has 0 aliphatic carbocycles. The van der Waals surface area contributed by atoms with Crippen LogP contribution in [0.2, 0.25) is 0 Å². The Morgan fingerprint density at radius 2 is 1.88 bits per heavy atom. The number of nitrogens with zero attached hydrogens (tertiary/aromatic N) is 1. The minimum atomic E-state index is -4.32. The SMILES string of the molecule is Cl.FC(F)(F)c1ccccc1Sc1nccs1. The van der Waals surface area contributed by atoms with Crippen molar-refractivity contribution in [2.75, 3.05) is 0 Å². The molecule has 0 atom stereocenters. The molecule has 0 bridgehead atoms. The predicted molar refractivity (Wildman–Crippen MR) is 64.9 cm³/mol. The van der Waals surface area contributed by atoms with Gasteiger partial charge >= 0.3 is 6.18 Å². The number of rotatable bonds is 2. The van der Waals surface area contributed by atoms with E-state index in [0.29, 0.717) is 4.34 Å². The number of benzene rings is 1. The second-order valence-corrected chi connectivity index (χ2v) is 5.08. The van der Waals surface area contributed by atoms with E-state index in [9.17, 15) is 13.2 Å². The molecule has 1 aromatic carbocycles. The van der Waals surface area contributed by atoms with Gasteiger partial charge in [-0.05, 0) is 12.1 Å². The van der Waals surface area contributed by atoms with Gasteiger partial charge in [0.25, 0.3) is 0 Å². The van der Waals surface area contributed by atoms with Crippen molar-refractivity contribution in [1.29, 1.82) is 0 Å². The summed E-state index contributed by atoms with van der Waals surface area (Å²) in [4.78, 5) is 4.13. The smallest absolute Gasteiger partial charge is 0.238 e. The van der Waals surface area contributed by atoms with Gasteiger partial charge < -0.3 is 0 Å². The van der Waals surface area contributed by atoms with E-state index in [4.69, 9.17) is 0 Å². The average Bonchev–Trinajstić information content (AvgIpc) is 2.70. The van der Waals surface area contributed by atoms with E-state index in [1.807, 2.05) is 0 Å². The molecule has 0 N–H and O–H groups in total. The molecule has 0 aliphatic rings. The first kappa shape index (κ1) is 14.3. The highest BCUT2D eigenvalue weighted by Crippen LogP contribution is 2.39. The van der Waals surface area contributed by atoms with E-state index in [1.165, 1.54) is 23.5 Å². The van der Waals surface area contributed by atoms with Crippen molar-refractivity contribution in [1.82, 2.24) is 4.98 Å². The van der Waals surface area contributed by atoms with Crippen LogP contribution in [0.3, 0.4) is 0 Å². The molecule has 0 spiro atoms. The van der Waals surface area contributed by atoms with E-state index in [2.05, 4.69) is 4.98 Å². The molecule has 1 nitrogen and oxygen atoms in total. The number of hydrogen-bond donors (Lipinski definition) is 0. The highest BCUT2D eigenvalue weighted by atomic mass is 35.5. The van der Waals surface area contributed by atoms with Gasteiger partial charge in [-0.25, -0.2) is 4.98 Å². The van der Waals surface area contributed by atoms with Crippen LogP contribution in [0.1, 0.15) is 5.56 Å². The Hall–Kier alpha value is -0.720. The molecule has 1 aromatic heterocycles. The van der Waals surface area contributed by atoms with Gasteiger partial charge in [-0.1, -0.05) is 23.9 Å². The molecule has 0 amide bonds. The fourth-order valence-electron chi connectivity index (χ4n) is 1.14. The van der Waals surface area contributed by atoms with E-state index >= 15 is 0 Å². The highest BCUT2D eigenvalue weighted by Gasteiger charge is 2.33. The maximum Gasteiger partial charge on any atom is 0.417 e. The molecule has 7 heteroatoms. The normalized spacial score (nSPS) is 11.0. The fourth-order valence-corrected chi connectivity index (χ4v) is 2.87. The molecule has 2 aromatic rings. The van der Waals surface area contributed by atoms with Crippen molar-refractivity contribution in [2.24, 2.45) is 0 Å². The third-order valence-corrected chi connectivity index (χ3v) is 3.76. The number of halogens is 4. The highest BCUT2D eigenvalue weighted by molar-refractivity contribution is 8.01. The predicted octanol–water partition coefficient (Wildman–Crippen LogP) is 4.73. The molecule has 0 unspecified atom stereocenters. The average molecular weight is 298 g/mol. The van der Waals surface area contributed by atoms with Crippen molar-refractivity contribution >= 4 is 35.5 Å². The van der Waals surface area contributed by atoms with Crippen LogP contribution in [0, 0.1) is 0 Å². The Kier molecular flexibility index (Phi) is 4.85. The van der Waals surface area contributed by atoms with Gasteiger partial charge in [0.2, 0.25) is 0 Å². The standard InChI is InChI=1S/C10H6F3NS2.ClH/c11-10(12,13)7-3-1-2-4-8(7)16-9-14-5-6-15-9;/h1-6H;1H. The maximum absolute atomic E-state index is 12.6. The van der Waals surface area contributed by atoms with Crippen molar-refractivity contribution in [3.8, 4) is 0 Å². The molecule has 0 saturated heterocycles. The zero-order valence-electron chi connectivity index (χ0n) is 8.27. The molecule has 0 fully saturated rings. The minimum Gasteiger partial charge on any atom is -0.238 e. The number of alkyl halides is 3. The number of thiazole rings is 1. The van der Waals surface area contributed by atoms with Gasteiger partial charge in [0.15, 0.2) is 4.34 Å². The lowest BCUT2D eigenvalue weighted by Crippen LogP contribution is -2.06. The van der Waals surface area contributed by atoms with Gasteiger partial charge in [-0.3, -0.25) is 0 Å². The summed E-state index contributed by atoms with van der Waals surface area (Å²) >= 11 is 2.36. The van der Waals surface area contributed by atoms with Gasteiger partial charge in [0.1, 0.15) is 0 Å². The molecule has 17 heavy (non-hydrogen) atoms. The van der Waals surface area contributed by atoms with Crippen LogP contribution in [0.5, 0.6) is 0 Å². The summed E-state index contributed by atoms with van der Waals surface area (Å²) in [5.74, 6) is 0. The molecule has 92 valence electrons. The molecule has 1 heterocycles. The monoisotopic (exact) mass is 297 g/mol. The fraction of sp³-hybridized carbons (Fsp3) is 0.100. The first-order chi connectivity index (χ1) is 7.57. The Balaban J connectivity index is 0.00000144. The second-order valence-electron chi connectivity index (χ2n) is 2.89. The first-order valence-corrected chi connectivity index (χ1v) is 6.00. The Bertz CT molecular complexity index is 471. The van der Waals surface area contributed by atoms with Crippen molar-refractivity contribution in [3.05, 3.63) is 41.4 Å². The lowest BCUT2D eigenvalue weighted by atomic mass is 10.2. The van der Waals surface area contributed by atoms with Crippen LogP contribution in [-0.4, -0.2) is 4.98 Å². The molecule has 2 rings (SSSR count). The van der Waals surface area contributed by atoms with Crippen LogP contribution in [0.4, 0.5) is 13.2 Å². The summed E-state index contributed by atoms with van der Waals surface area (Å²) in [6.07, 6.45) is -2.75.